The molecule has 0 aliphatic carbocycles. The molecule has 4 heteroatoms. The highest BCUT2D eigenvalue weighted by Gasteiger charge is 2.05. The van der Waals surface area contributed by atoms with Gasteiger partial charge in [0, 0.05) is 18.7 Å². The monoisotopic (exact) mass is 245 g/mol. The molecule has 1 heterocycles. The first kappa shape index (κ1) is 12.6. The molecule has 0 bridgehead atoms. The fourth-order valence-corrected chi connectivity index (χ4v) is 1.71. The van der Waals surface area contributed by atoms with Crippen LogP contribution >= 0.6 is 0 Å². The van der Waals surface area contributed by atoms with Crippen molar-refractivity contribution < 1.29 is 4.74 Å². The molecular formula is C14H19N3O. The molecule has 0 atom stereocenters. The molecule has 0 saturated heterocycles. The van der Waals surface area contributed by atoms with Crippen molar-refractivity contribution in [2.45, 2.75) is 26.9 Å². The third kappa shape index (κ3) is 3.11. The average molecular weight is 245 g/mol. The van der Waals surface area contributed by atoms with Crippen molar-refractivity contribution in [2.75, 3.05) is 6.54 Å². The standard InChI is InChI=1S/C14H19N3O/c1-3-15-9-12-7-5-6-8-14(12)18-13-10-16-17(4-2)11-13/h5-8,10-11,15H,3-4,9H2,1-2H3. The van der Waals surface area contributed by atoms with E-state index in [1.165, 1.54) is 0 Å². The number of aryl methyl sites for hydroxylation is 1. The van der Waals surface area contributed by atoms with E-state index in [0.29, 0.717) is 0 Å². The zero-order valence-electron chi connectivity index (χ0n) is 10.9. The lowest BCUT2D eigenvalue weighted by atomic mass is 10.2. The van der Waals surface area contributed by atoms with Crippen LogP contribution in [0, 0.1) is 0 Å². The van der Waals surface area contributed by atoms with E-state index in [-0.39, 0.29) is 0 Å². The van der Waals surface area contributed by atoms with Crippen LogP contribution < -0.4 is 10.1 Å². The zero-order valence-corrected chi connectivity index (χ0v) is 10.9. The number of ether oxygens (including phenoxy) is 1. The van der Waals surface area contributed by atoms with E-state index in [4.69, 9.17) is 4.74 Å². The van der Waals surface area contributed by atoms with E-state index in [9.17, 15) is 0 Å². The van der Waals surface area contributed by atoms with Crippen LogP contribution in [0.1, 0.15) is 19.4 Å². The highest BCUT2D eigenvalue weighted by molar-refractivity contribution is 5.36. The van der Waals surface area contributed by atoms with Gasteiger partial charge in [-0.1, -0.05) is 25.1 Å². The number of nitrogens with zero attached hydrogens (tertiary/aromatic N) is 2. The first-order chi connectivity index (χ1) is 8.83. The maximum Gasteiger partial charge on any atom is 0.165 e. The minimum atomic E-state index is 0.779. The van der Waals surface area contributed by atoms with Gasteiger partial charge in [-0.2, -0.15) is 5.10 Å². The van der Waals surface area contributed by atoms with Gasteiger partial charge in [0.1, 0.15) is 5.75 Å². The summed E-state index contributed by atoms with van der Waals surface area (Å²) in [5.74, 6) is 1.66. The van der Waals surface area contributed by atoms with Crippen LogP contribution in [0.5, 0.6) is 11.5 Å². The Morgan fingerprint density at radius 1 is 1.28 bits per heavy atom. The second-order valence-corrected chi connectivity index (χ2v) is 4.02. The fraction of sp³-hybridized carbons (Fsp3) is 0.357. The molecule has 4 nitrogen and oxygen atoms in total. The van der Waals surface area contributed by atoms with Crippen LogP contribution in [0.4, 0.5) is 0 Å². The molecular weight excluding hydrogens is 226 g/mol. The maximum absolute atomic E-state index is 5.87. The third-order valence-corrected chi connectivity index (χ3v) is 2.70. The number of aromatic nitrogens is 2. The second kappa shape index (κ2) is 6.21. The van der Waals surface area contributed by atoms with Crippen molar-refractivity contribution in [3.63, 3.8) is 0 Å². The van der Waals surface area contributed by atoms with Gasteiger partial charge in [-0.25, -0.2) is 0 Å². The smallest absolute Gasteiger partial charge is 0.165 e. The predicted octanol–water partition coefficient (Wildman–Crippen LogP) is 2.80. The first-order valence-corrected chi connectivity index (χ1v) is 6.32. The normalized spacial score (nSPS) is 10.6. The van der Waals surface area contributed by atoms with Gasteiger partial charge in [0.15, 0.2) is 5.75 Å². The van der Waals surface area contributed by atoms with E-state index in [2.05, 4.69) is 30.3 Å². The minimum absolute atomic E-state index is 0.779. The van der Waals surface area contributed by atoms with E-state index in [1.54, 1.807) is 6.20 Å². The highest BCUT2D eigenvalue weighted by atomic mass is 16.5. The molecule has 0 fully saturated rings. The number of nitrogens with one attached hydrogen (secondary N) is 1. The Balaban J connectivity index is 2.12. The molecule has 0 amide bonds. The Hall–Kier alpha value is -1.81. The van der Waals surface area contributed by atoms with Crippen LogP contribution in [0.15, 0.2) is 36.7 Å². The summed E-state index contributed by atoms with van der Waals surface area (Å²) < 4.78 is 7.72. The Kier molecular flexibility index (Phi) is 4.36. The third-order valence-electron chi connectivity index (χ3n) is 2.70. The van der Waals surface area contributed by atoms with Crippen LogP contribution in [-0.2, 0) is 13.1 Å². The van der Waals surface area contributed by atoms with Gasteiger partial charge in [-0.15, -0.1) is 0 Å². The molecule has 0 saturated carbocycles. The van der Waals surface area contributed by atoms with Crippen molar-refractivity contribution in [1.29, 1.82) is 0 Å². The average Bonchev–Trinajstić information content (AvgIpc) is 2.85. The Morgan fingerprint density at radius 3 is 2.83 bits per heavy atom. The summed E-state index contributed by atoms with van der Waals surface area (Å²) in [6.07, 6.45) is 3.65. The van der Waals surface area contributed by atoms with Gasteiger partial charge in [0.2, 0.25) is 0 Å². The molecule has 0 radical (unpaired) electrons. The van der Waals surface area contributed by atoms with Crippen molar-refractivity contribution in [3.8, 4) is 11.5 Å². The number of hydrogen-bond acceptors (Lipinski definition) is 3. The lowest BCUT2D eigenvalue weighted by molar-refractivity contribution is 0.472. The topological polar surface area (TPSA) is 39.1 Å². The summed E-state index contributed by atoms with van der Waals surface area (Å²) in [5.41, 5.74) is 1.16. The number of para-hydroxylation sites is 1. The number of hydrogen-bond donors (Lipinski definition) is 1. The zero-order chi connectivity index (χ0) is 12.8. The molecule has 2 aromatic rings. The van der Waals surface area contributed by atoms with Gasteiger partial charge in [0.25, 0.3) is 0 Å². The Bertz CT molecular complexity index is 493. The van der Waals surface area contributed by atoms with Crippen LogP contribution in [-0.4, -0.2) is 16.3 Å². The van der Waals surface area contributed by atoms with E-state index in [0.717, 1.165) is 36.7 Å². The van der Waals surface area contributed by atoms with Crippen LogP contribution in [0.3, 0.4) is 0 Å². The molecule has 18 heavy (non-hydrogen) atoms. The quantitative estimate of drug-likeness (QED) is 0.850. The molecule has 96 valence electrons. The number of rotatable bonds is 6. The molecule has 0 unspecified atom stereocenters. The van der Waals surface area contributed by atoms with Gasteiger partial charge < -0.3 is 10.1 Å². The van der Waals surface area contributed by atoms with Crippen LogP contribution in [0.25, 0.3) is 0 Å². The van der Waals surface area contributed by atoms with Crippen molar-refractivity contribution in [3.05, 3.63) is 42.2 Å². The molecule has 0 aliphatic rings. The van der Waals surface area contributed by atoms with Crippen molar-refractivity contribution in [1.82, 2.24) is 15.1 Å². The molecule has 2 rings (SSSR count). The summed E-state index contributed by atoms with van der Waals surface area (Å²) >= 11 is 0. The Labute approximate surface area is 108 Å². The van der Waals surface area contributed by atoms with Gasteiger partial charge in [-0.3, -0.25) is 4.68 Å². The van der Waals surface area contributed by atoms with E-state index in [1.807, 2.05) is 29.1 Å². The summed E-state index contributed by atoms with van der Waals surface area (Å²) in [6, 6.07) is 8.06. The molecule has 0 aliphatic heterocycles. The summed E-state index contributed by atoms with van der Waals surface area (Å²) in [7, 11) is 0. The molecule has 0 spiro atoms. The largest absolute Gasteiger partial charge is 0.454 e. The van der Waals surface area contributed by atoms with Gasteiger partial charge >= 0.3 is 0 Å². The van der Waals surface area contributed by atoms with Crippen molar-refractivity contribution >= 4 is 0 Å². The van der Waals surface area contributed by atoms with Gasteiger partial charge in [0.05, 0.1) is 12.4 Å². The highest BCUT2D eigenvalue weighted by Crippen LogP contribution is 2.24. The van der Waals surface area contributed by atoms with Gasteiger partial charge in [-0.05, 0) is 19.5 Å². The second-order valence-electron chi connectivity index (χ2n) is 4.02. The fourth-order valence-electron chi connectivity index (χ4n) is 1.71. The van der Waals surface area contributed by atoms with Crippen LogP contribution in [0.2, 0.25) is 0 Å². The SMILES string of the molecule is CCNCc1ccccc1Oc1cnn(CC)c1. The first-order valence-electron chi connectivity index (χ1n) is 6.32. The van der Waals surface area contributed by atoms with Crippen molar-refractivity contribution in [2.24, 2.45) is 0 Å². The van der Waals surface area contributed by atoms with E-state index >= 15 is 0 Å². The summed E-state index contributed by atoms with van der Waals surface area (Å²) in [6.45, 7) is 6.75. The summed E-state index contributed by atoms with van der Waals surface area (Å²) in [5, 5.41) is 7.50. The lowest BCUT2D eigenvalue weighted by Gasteiger charge is -2.09. The number of benzene rings is 1. The summed E-state index contributed by atoms with van der Waals surface area (Å²) in [4.78, 5) is 0. The predicted molar refractivity (Wildman–Crippen MR) is 71.8 cm³/mol. The molecule has 1 aromatic carbocycles. The maximum atomic E-state index is 5.87. The lowest BCUT2D eigenvalue weighted by Crippen LogP contribution is -2.12. The Morgan fingerprint density at radius 2 is 2.11 bits per heavy atom. The van der Waals surface area contributed by atoms with E-state index < -0.39 is 0 Å². The molecule has 1 aromatic heterocycles. The minimum Gasteiger partial charge on any atom is -0.454 e. The molecule has 1 N–H and O–H groups in total.